The van der Waals surface area contributed by atoms with E-state index in [2.05, 4.69) is 26.7 Å². The van der Waals surface area contributed by atoms with Crippen molar-refractivity contribution in [2.45, 2.75) is 75.9 Å². The lowest BCUT2D eigenvalue weighted by molar-refractivity contribution is -0.0961. The minimum absolute atomic E-state index is 0.0230. The van der Waals surface area contributed by atoms with E-state index in [0.717, 1.165) is 63.0 Å². The van der Waals surface area contributed by atoms with Gasteiger partial charge in [-0.1, -0.05) is 36.7 Å². The summed E-state index contributed by atoms with van der Waals surface area (Å²) in [4.78, 5) is 32.4. The maximum atomic E-state index is 13.6. The molecule has 52 heavy (non-hydrogen) atoms. The fraction of sp³-hybridized carbons (Fsp3) is 0.590. The number of fused-ring (bicyclic) bond motifs is 4. The summed E-state index contributed by atoms with van der Waals surface area (Å²) in [5.74, 6) is 0.218. The number of cyclic esters (lactones) is 1. The molecule has 0 aromatic heterocycles. The molecule has 2 bridgehead atoms. The fourth-order valence-corrected chi connectivity index (χ4v) is 10.2. The van der Waals surface area contributed by atoms with Crippen molar-refractivity contribution >= 4 is 39.3 Å². The van der Waals surface area contributed by atoms with Crippen molar-refractivity contribution in [3.05, 3.63) is 70.3 Å². The van der Waals surface area contributed by atoms with Gasteiger partial charge in [-0.3, -0.25) is 14.6 Å². The number of methoxy groups -OCH3 is 1. The highest BCUT2D eigenvalue weighted by Gasteiger charge is 2.49. The molecule has 2 aromatic carbocycles. The number of nitrogens with zero attached hydrogens (tertiary/aromatic N) is 3. The van der Waals surface area contributed by atoms with Gasteiger partial charge in [0.1, 0.15) is 24.6 Å². The topological polar surface area (TPSA) is 118 Å². The van der Waals surface area contributed by atoms with Gasteiger partial charge in [0, 0.05) is 57.0 Å². The number of carbonyl (C=O) groups excluding carboxylic acids is 2. The number of benzene rings is 2. The Labute approximate surface area is 312 Å². The van der Waals surface area contributed by atoms with Crippen molar-refractivity contribution in [1.29, 1.82) is 0 Å². The molecule has 1 saturated carbocycles. The van der Waals surface area contributed by atoms with Crippen LogP contribution in [-0.4, -0.2) is 100 Å². The van der Waals surface area contributed by atoms with Crippen LogP contribution in [0.1, 0.15) is 67.4 Å². The molecule has 0 unspecified atom stereocenters. The molecular weight excluding hydrogens is 704 g/mol. The first-order chi connectivity index (χ1) is 25.0. The van der Waals surface area contributed by atoms with Crippen LogP contribution in [0.4, 0.5) is 10.5 Å². The number of carbonyl (C=O) groups is 2. The Balaban J connectivity index is 1.25. The van der Waals surface area contributed by atoms with E-state index in [1.807, 2.05) is 30.0 Å². The molecule has 4 heterocycles. The molecule has 0 radical (unpaired) electrons. The van der Waals surface area contributed by atoms with E-state index in [0.29, 0.717) is 56.0 Å². The third-order valence-electron chi connectivity index (χ3n) is 12.2. The van der Waals surface area contributed by atoms with Gasteiger partial charge in [0.2, 0.25) is 10.0 Å². The number of sulfonamides is 1. The lowest BCUT2D eigenvalue weighted by Gasteiger charge is -2.52. The molecule has 2 aromatic rings. The monoisotopic (exact) mass is 754 g/mol. The molecule has 2 saturated heterocycles. The minimum Gasteiger partial charge on any atom is -0.487 e. The van der Waals surface area contributed by atoms with Crippen molar-refractivity contribution < 1.29 is 32.2 Å². The summed E-state index contributed by atoms with van der Waals surface area (Å²) >= 11 is 6.39. The molecule has 1 N–H and O–H groups in total. The standard InChI is InChI=1S/C39H51ClN4O7S/c1-26-7-6-15-39(49-3,25-42-17-18-44-33(22-42)24-51-38(44)46)34-13-10-30(34)21-43-16-5-4-8-28-19-32(40)12-9-31(28)23-50-36-14-11-29(20-35(36)43)37(45)41-52(47,48)27(26)2/h6,9,11-12,14-15,19-20,26-27,30,33-34H,4-5,7-8,10,13,16-18,21-25H2,1-3H3,(H,41,45)/b15-6+/t26-,27+,30-,33-,34+,39-/m0/s1. The van der Waals surface area contributed by atoms with Crippen LogP contribution in [0.15, 0.2) is 48.6 Å². The normalized spacial score (nSPS) is 31.7. The van der Waals surface area contributed by atoms with E-state index in [1.165, 1.54) is 5.56 Å². The second kappa shape index (κ2) is 15.2. The largest absolute Gasteiger partial charge is 0.487 e. The average Bonchev–Trinajstić information content (AvgIpc) is 3.47. The molecule has 1 aliphatic carbocycles. The number of anilines is 1. The Bertz CT molecular complexity index is 1810. The van der Waals surface area contributed by atoms with Crippen LogP contribution in [-0.2, 0) is 32.5 Å². The first kappa shape index (κ1) is 37.0. The zero-order chi connectivity index (χ0) is 36.6. The Morgan fingerprint density at radius 2 is 1.85 bits per heavy atom. The summed E-state index contributed by atoms with van der Waals surface area (Å²) in [6, 6.07) is 11.2. The molecule has 6 atom stereocenters. The Hall–Kier alpha value is -3.32. The van der Waals surface area contributed by atoms with Crippen LogP contribution in [0, 0.1) is 17.8 Å². The summed E-state index contributed by atoms with van der Waals surface area (Å²) in [5, 5.41) is -0.114. The summed E-state index contributed by atoms with van der Waals surface area (Å²) < 4.78 is 48.0. The van der Waals surface area contributed by atoms with Gasteiger partial charge < -0.3 is 19.1 Å². The van der Waals surface area contributed by atoms with Crippen molar-refractivity contribution in [1.82, 2.24) is 14.5 Å². The smallest absolute Gasteiger partial charge is 0.410 e. The molecule has 282 valence electrons. The van der Waals surface area contributed by atoms with Crippen LogP contribution < -0.4 is 14.4 Å². The average molecular weight is 755 g/mol. The van der Waals surface area contributed by atoms with Crippen molar-refractivity contribution in [3.8, 4) is 5.75 Å². The van der Waals surface area contributed by atoms with Gasteiger partial charge in [0.05, 0.1) is 17.0 Å². The summed E-state index contributed by atoms with van der Waals surface area (Å²) in [6.07, 6.45) is 9.28. The molecular formula is C39H51ClN4O7S. The van der Waals surface area contributed by atoms with Crippen LogP contribution in [0.2, 0.25) is 5.02 Å². The predicted octanol–water partition coefficient (Wildman–Crippen LogP) is 5.65. The van der Waals surface area contributed by atoms with Crippen LogP contribution in [0.5, 0.6) is 5.75 Å². The number of rotatable bonds is 3. The second-order valence-electron chi connectivity index (χ2n) is 15.3. The van der Waals surface area contributed by atoms with E-state index in [-0.39, 0.29) is 29.5 Å². The maximum absolute atomic E-state index is 13.6. The first-order valence-electron chi connectivity index (χ1n) is 18.7. The molecule has 11 nitrogen and oxygen atoms in total. The van der Waals surface area contributed by atoms with E-state index >= 15 is 0 Å². The van der Waals surface area contributed by atoms with Crippen LogP contribution >= 0.6 is 11.6 Å². The number of ether oxygens (including phenoxy) is 3. The quantitative estimate of drug-likeness (QED) is 0.397. The van der Waals surface area contributed by atoms with E-state index in [4.69, 9.17) is 25.8 Å². The third-order valence-corrected chi connectivity index (χ3v) is 14.4. The highest BCUT2D eigenvalue weighted by molar-refractivity contribution is 7.90. The maximum Gasteiger partial charge on any atom is 0.410 e. The number of piperazine rings is 1. The number of hydrogen-bond donors (Lipinski definition) is 1. The first-order valence-corrected chi connectivity index (χ1v) is 20.6. The van der Waals surface area contributed by atoms with Gasteiger partial charge in [0.25, 0.3) is 5.91 Å². The lowest BCUT2D eigenvalue weighted by Crippen LogP contribution is -2.60. The van der Waals surface area contributed by atoms with Crippen molar-refractivity contribution in [3.63, 3.8) is 0 Å². The van der Waals surface area contributed by atoms with Crippen molar-refractivity contribution in [2.24, 2.45) is 17.8 Å². The van der Waals surface area contributed by atoms with Gasteiger partial charge >= 0.3 is 6.09 Å². The van der Waals surface area contributed by atoms with Gasteiger partial charge in [-0.2, -0.15) is 0 Å². The van der Waals surface area contributed by atoms with E-state index in [1.54, 1.807) is 32.2 Å². The van der Waals surface area contributed by atoms with Gasteiger partial charge in [0.15, 0.2) is 0 Å². The highest BCUT2D eigenvalue weighted by atomic mass is 35.5. The number of allylic oxidation sites excluding steroid dienone is 1. The SMILES string of the molecule is CO[C@]1(CN2CCN3C(=O)OC[C@@H]3C2)/C=C/C[C@H](C)[C@@H](C)S(=O)(=O)NC(=O)c2ccc3c(c2)N(CCCCc2cc(Cl)ccc2CO3)C[C@@H]2CC[C@H]21. The molecule has 3 fully saturated rings. The number of aryl methyl sites for hydroxylation is 1. The molecule has 7 rings (SSSR count). The van der Waals surface area contributed by atoms with Gasteiger partial charge in [-0.25, -0.2) is 17.9 Å². The molecule has 0 spiro atoms. The molecule has 2 amide bonds. The summed E-state index contributed by atoms with van der Waals surface area (Å²) in [6.45, 7) is 8.47. The third kappa shape index (κ3) is 7.54. The van der Waals surface area contributed by atoms with E-state index < -0.39 is 26.8 Å². The Morgan fingerprint density at radius 3 is 2.63 bits per heavy atom. The second-order valence-corrected chi connectivity index (χ2v) is 17.8. The Morgan fingerprint density at radius 1 is 1.00 bits per heavy atom. The fourth-order valence-electron chi connectivity index (χ4n) is 8.68. The minimum atomic E-state index is -3.99. The van der Waals surface area contributed by atoms with Crippen molar-refractivity contribution in [2.75, 3.05) is 57.9 Å². The summed E-state index contributed by atoms with van der Waals surface area (Å²) in [5.41, 5.74) is 2.66. The highest BCUT2D eigenvalue weighted by Crippen LogP contribution is 2.47. The Kier molecular flexibility index (Phi) is 10.8. The summed E-state index contributed by atoms with van der Waals surface area (Å²) in [7, 11) is -2.20. The molecule has 5 aliphatic rings. The van der Waals surface area contributed by atoms with E-state index in [9.17, 15) is 18.0 Å². The van der Waals surface area contributed by atoms with Gasteiger partial charge in [-0.15, -0.1) is 0 Å². The predicted molar refractivity (Wildman–Crippen MR) is 200 cm³/mol. The zero-order valence-electron chi connectivity index (χ0n) is 30.4. The van der Waals surface area contributed by atoms with Gasteiger partial charge in [-0.05, 0) is 105 Å². The van der Waals surface area contributed by atoms with Crippen LogP contribution in [0.25, 0.3) is 0 Å². The number of amides is 2. The van der Waals surface area contributed by atoms with Crippen LogP contribution in [0.3, 0.4) is 0 Å². The molecule has 13 heteroatoms. The lowest BCUT2D eigenvalue weighted by atomic mass is 9.63. The number of halogens is 1. The number of nitrogens with one attached hydrogen (secondary N) is 1. The molecule has 4 aliphatic heterocycles. The zero-order valence-corrected chi connectivity index (χ0v) is 32.0. The number of hydrogen-bond acceptors (Lipinski definition) is 9.